The third-order valence-corrected chi connectivity index (χ3v) is 3.68. The lowest BCUT2D eigenvalue weighted by Crippen LogP contribution is -2.01. The zero-order valence-corrected chi connectivity index (χ0v) is 12.9. The molecule has 2 nitrogen and oxygen atoms in total. The van der Waals surface area contributed by atoms with E-state index < -0.39 is 5.82 Å². The largest absolute Gasteiger partial charge is 0.380 e. The highest BCUT2D eigenvalue weighted by Crippen LogP contribution is 2.26. The van der Waals surface area contributed by atoms with Crippen molar-refractivity contribution >= 4 is 37.5 Å². The van der Waals surface area contributed by atoms with Gasteiger partial charge in [0.2, 0.25) is 0 Å². The quantitative estimate of drug-likeness (QED) is 0.823. The Hall–Kier alpha value is -1.38. The molecule has 96 valence electrons. The molecule has 1 N–H and O–H groups in total. The van der Waals surface area contributed by atoms with E-state index in [0.717, 1.165) is 20.2 Å². The Labute approximate surface area is 127 Å². The Bertz CT molecular complexity index is 650. The number of nitriles is 1. The summed E-state index contributed by atoms with van der Waals surface area (Å²) in [4.78, 5) is 0. The molecule has 5 heteroatoms. The van der Waals surface area contributed by atoms with Gasteiger partial charge in [-0.2, -0.15) is 5.26 Å². The van der Waals surface area contributed by atoms with Gasteiger partial charge in [0.05, 0.1) is 11.6 Å². The van der Waals surface area contributed by atoms with Crippen LogP contribution in [0.1, 0.15) is 11.1 Å². The van der Waals surface area contributed by atoms with Crippen molar-refractivity contribution in [3.05, 3.63) is 62.3 Å². The fourth-order valence-corrected chi connectivity index (χ4v) is 2.40. The summed E-state index contributed by atoms with van der Waals surface area (Å²) in [5.41, 5.74) is 1.95. The normalized spacial score (nSPS) is 10.0. The summed E-state index contributed by atoms with van der Waals surface area (Å²) >= 11 is 6.83. The summed E-state index contributed by atoms with van der Waals surface area (Å²) in [6, 6.07) is 12.0. The van der Waals surface area contributed by atoms with Gasteiger partial charge in [-0.3, -0.25) is 0 Å². The molecule has 0 atom stereocenters. The van der Waals surface area contributed by atoms with Crippen molar-refractivity contribution in [2.45, 2.75) is 6.54 Å². The summed E-state index contributed by atoms with van der Waals surface area (Å²) in [6.07, 6.45) is 0. The second kappa shape index (κ2) is 6.18. The second-order valence-corrected chi connectivity index (χ2v) is 5.71. The van der Waals surface area contributed by atoms with Crippen molar-refractivity contribution in [3.8, 4) is 6.07 Å². The van der Waals surface area contributed by atoms with Gasteiger partial charge in [-0.1, -0.05) is 15.9 Å². The highest BCUT2D eigenvalue weighted by atomic mass is 79.9. The van der Waals surface area contributed by atoms with Crippen LogP contribution in [0.4, 0.5) is 10.1 Å². The zero-order chi connectivity index (χ0) is 13.8. The molecule has 0 bridgehead atoms. The summed E-state index contributed by atoms with van der Waals surface area (Å²) in [7, 11) is 0. The molecule has 0 fully saturated rings. The molecular formula is C14H9Br2FN2. The zero-order valence-electron chi connectivity index (χ0n) is 9.75. The number of rotatable bonds is 3. The Kier molecular flexibility index (Phi) is 4.56. The predicted molar refractivity (Wildman–Crippen MR) is 80.3 cm³/mol. The summed E-state index contributed by atoms with van der Waals surface area (Å²) in [5, 5.41) is 12.0. The molecule has 19 heavy (non-hydrogen) atoms. The maximum absolute atomic E-state index is 13.3. The molecule has 2 aromatic carbocycles. The van der Waals surface area contributed by atoms with E-state index in [4.69, 9.17) is 5.26 Å². The van der Waals surface area contributed by atoms with Gasteiger partial charge >= 0.3 is 0 Å². The first-order chi connectivity index (χ1) is 9.08. The van der Waals surface area contributed by atoms with Crippen LogP contribution >= 0.6 is 31.9 Å². The van der Waals surface area contributed by atoms with E-state index in [9.17, 15) is 4.39 Å². The van der Waals surface area contributed by atoms with Gasteiger partial charge in [0.25, 0.3) is 0 Å². The number of anilines is 1. The van der Waals surface area contributed by atoms with Crippen molar-refractivity contribution in [2.75, 3.05) is 5.32 Å². The molecule has 0 heterocycles. The molecule has 2 rings (SSSR count). The Morgan fingerprint density at radius 2 is 1.95 bits per heavy atom. The highest BCUT2D eigenvalue weighted by Gasteiger charge is 2.03. The van der Waals surface area contributed by atoms with E-state index in [1.54, 1.807) is 6.07 Å². The highest BCUT2D eigenvalue weighted by molar-refractivity contribution is 9.11. The van der Waals surface area contributed by atoms with Crippen LogP contribution in [0.5, 0.6) is 0 Å². The molecule has 0 saturated carbocycles. The molecule has 2 aromatic rings. The average Bonchev–Trinajstić information content (AvgIpc) is 2.39. The minimum absolute atomic E-state index is 0.324. The van der Waals surface area contributed by atoms with Crippen molar-refractivity contribution < 1.29 is 4.39 Å². The predicted octanol–water partition coefficient (Wildman–Crippen LogP) is 4.83. The number of hydrogen-bond donors (Lipinski definition) is 1. The molecule has 0 amide bonds. The molecular weight excluding hydrogens is 375 g/mol. The molecule has 0 aliphatic heterocycles. The number of benzene rings is 2. The molecule has 0 spiro atoms. The van der Waals surface area contributed by atoms with Crippen molar-refractivity contribution in [3.63, 3.8) is 0 Å². The molecule has 0 aliphatic rings. The first-order valence-electron chi connectivity index (χ1n) is 5.47. The van der Waals surface area contributed by atoms with Crippen LogP contribution in [0, 0.1) is 17.1 Å². The van der Waals surface area contributed by atoms with Crippen molar-refractivity contribution in [2.24, 2.45) is 0 Å². The number of nitrogens with zero attached hydrogens (tertiary/aromatic N) is 1. The summed E-state index contributed by atoms with van der Waals surface area (Å²) < 4.78 is 15.2. The third kappa shape index (κ3) is 3.79. The van der Waals surface area contributed by atoms with Crippen LogP contribution in [0.2, 0.25) is 0 Å². The van der Waals surface area contributed by atoms with E-state index >= 15 is 0 Å². The Balaban J connectivity index is 2.17. The Morgan fingerprint density at radius 3 is 2.68 bits per heavy atom. The minimum Gasteiger partial charge on any atom is -0.380 e. The first kappa shape index (κ1) is 14.0. The first-order valence-corrected chi connectivity index (χ1v) is 7.05. The smallest absolute Gasteiger partial charge is 0.124 e. The van der Waals surface area contributed by atoms with Gasteiger partial charge in [0, 0.05) is 21.2 Å². The molecule has 0 aromatic heterocycles. The third-order valence-electron chi connectivity index (χ3n) is 2.50. The lowest BCUT2D eigenvalue weighted by atomic mass is 10.1. The number of halogens is 3. The van der Waals surface area contributed by atoms with E-state index in [2.05, 4.69) is 37.2 Å². The number of nitrogens with one attached hydrogen (secondary N) is 1. The van der Waals surface area contributed by atoms with Gasteiger partial charge in [0.15, 0.2) is 0 Å². The SMILES string of the molecule is N#Cc1cc(F)cc(CNc2cc(Br)ccc2Br)c1. The maximum atomic E-state index is 13.3. The topological polar surface area (TPSA) is 35.8 Å². The lowest BCUT2D eigenvalue weighted by molar-refractivity contribution is 0.625. The molecule has 0 aliphatic carbocycles. The van der Waals surface area contributed by atoms with Crippen LogP contribution in [0.25, 0.3) is 0 Å². The van der Waals surface area contributed by atoms with Gasteiger partial charge in [-0.05, 0) is 57.9 Å². The maximum Gasteiger partial charge on any atom is 0.124 e. The summed E-state index contributed by atoms with van der Waals surface area (Å²) in [5.74, 6) is -0.399. The monoisotopic (exact) mass is 382 g/mol. The summed E-state index contributed by atoms with van der Waals surface area (Å²) in [6.45, 7) is 0.446. The van der Waals surface area contributed by atoms with Crippen molar-refractivity contribution in [1.29, 1.82) is 5.26 Å². The van der Waals surface area contributed by atoms with E-state index in [1.807, 2.05) is 24.3 Å². The van der Waals surface area contributed by atoms with Crippen molar-refractivity contribution in [1.82, 2.24) is 0 Å². The van der Waals surface area contributed by atoms with E-state index in [-0.39, 0.29) is 0 Å². The fraction of sp³-hybridized carbons (Fsp3) is 0.0714. The lowest BCUT2D eigenvalue weighted by Gasteiger charge is -2.09. The van der Waals surface area contributed by atoms with E-state index in [0.29, 0.717) is 12.1 Å². The van der Waals surface area contributed by atoms with Gasteiger partial charge < -0.3 is 5.32 Å². The van der Waals surface area contributed by atoms with Gasteiger partial charge in [-0.25, -0.2) is 4.39 Å². The standard InChI is InChI=1S/C14H9Br2FN2/c15-11-1-2-13(16)14(6-11)19-8-10-3-9(7-18)4-12(17)5-10/h1-6,19H,8H2. The second-order valence-electron chi connectivity index (χ2n) is 3.94. The van der Waals surface area contributed by atoms with Crippen LogP contribution in [0.15, 0.2) is 45.3 Å². The number of hydrogen-bond acceptors (Lipinski definition) is 2. The molecule has 0 radical (unpaired) electrons. The fourth-order valence-electron chi connectivity index (χ4n) is 1.65. The van der Waals surface area contributed by atoms with Gasteiger partial charge in [0.1, 0.15) is 5.82 Å². The Morgan fingerprint density at radius 1 is 1.16 bits per heavy atom. The van der Waals surface area contributed by atoms with E-state index in [1.165, 1.54) is 12.1 Å². The van der Waals surface area contributed by atoms with Crippen LogP contribution in [-0.2, 0) is 6.54 Å². The van der Waals surface area contributed by atoms with Gasteiger partial charge in [-0.15, -0.1) is 0 Å². The minimum atomic E-state index is -0.399. The molecule has 0 saturated heterocycles. The molecule has 0 unspecified atom stereocenters. The van der Waals surface area contributed by atoms with Crippen LogP contribution in [0.3, 0.4) is 0 Å². The van der Waals surface area contributed by atoms with Crippen LogP contribution < -0.4 is 5.32 Å². The van der Waals surface area contributed by atoms with Crippen LogP contribution in [-0.4, -0.2) is 0 Å². The average molecular weight is 384 g/mol.